The van der Waals surface area contributed by atoms with Crippen LogP contribution >= 0.6 is 15.9 Å². The van der Waals surface area contributed by atoms with Gasteiger partial charge in [0.1, 0.15) is 4.60 Å². The van der Waals surface area contributed by atoms with Crippen molar-refractivity contribution >= 4 is 15.9 Å². The summed E-state index contributed by atoms with van der Waals surface area (Å²) in [5.41, 5.74) is 0. The summed E-state index contributed by atoms with van der Waals surface area (Å²) in [5.74, 6) is 0. The molecule has 0 unspecified atom stereocenters. The number of halogens is 1. The van der Waals surface area contributed by atoms with Crippen LogP contribution in [-0.4, -0.2) is 9.55 Å². The third kappa shape index (κ3) is 1.33. The van der Waals surface area contributed by atoms with Crippen molar-refractivity contribution in [1.29, 1.82) is 0 Å². The van der Waals surface area contributed by atoms with E-state index in [4.69, 9.17) is 0 Å². The summed E-state index contributed by atoms with van der Waals surface area (Å²) in [7, 11) is 0. The van der Waals surface area contributed by atoms with Gasteiger partial charge >= 0.3 is 0 Å². The number of rotatable bonds is 1. The molecule has 0 fully saturated rings. The van der Waals surface area contributed by atoms with Crippen LogP contribution in [0.1, 0.15) is 19.9 Å². The van der Waals surface area contributed by atoms with Gasteiger partial charge in [-0.05, 0) is 29.8 Å². The topological polar surface area (TPSA) is 17.8 Å². The molecular weight excluding hydrogens is 180 g/mol. The molecule has 0 saturated heterocycles. The lowest BCUT2D eigenvalue weighted by Crippen LogP contribution is -1.97. The Hall–Kier alpha value is -0.310. The van der Waals surface area contributed by atoms with E-state index in [2.05, 4.69) is 39.3 Å². The van der Waals surface area contributed by atoms with Crippen molar-refractivity contribution in [3.8, 4) is 0 Å². The Kier molecular flexibility index (Phi) is 1.90. The van der Waals surface area contributed by atoms with Gasteiger partial charge in [-0.25, -0.2) is 4.98 Å². The minimum Gasteiger partial charge on any atom is -0.323 e. The highest BCUT2D eigenvalue weighted by Crippen LogP contribution is 2.13. The fourth-order valence-corrected chi connectivity index (χ4v) is 1.29. The molecule has 0 aliphatic heterocycles. The van der Waals surface area contributed by atoms with E-state index in [1.165, 1.54) is 0 Å². The van der Waals surface area contributed by atoms with Crippen molar-refractivity contribution in [1.82, 2.24) is 9.55 Å². The second-order valence-electron chi connectivity index (χ2n) is 2.22. The van der Waals surface area contributed by atoms with E-state index in [0.717, 1.165) is 4.60 Å². The molecule has 1 aromatic rings. The third-order valence-electron chi connectivity index (χ3n) is 1.18. The SMILES string of the molecule is CC(C)n1cncc1Br. The molecule has 0 radical (unpaired) electrons. The molecule has 2 nitrogen and oxygen atoms in total. The summed E-state index contributed by atoms with van der Waals surface area (Å²) in [6, 6.07) is 0.488. The zero-order chi connectivity index (χ0) is 6.85. The lowest BCUT2D eigenvalue weighted by molar-refractivity contribution is 0.589. The van der Waals surface area contributed by atoms with Crippen molar-refractivity contribution in [2.45, 2.75) is 19.9 Å². The Morgan fingerprint density at radius 1 is 1.67 bits per heavy atom. The molecule has 0 amide bonds. The minimum absolute atomic E-state index is 0.488. The maximum absolute atomic E-state index is 3.96. The van der Waals surface area contributed by atoms with Crippen LogP contribution in [0, 0.1) is 0 Å². The monoisotopic (exact) mass is 188 g/mol. The largest absolute Gasteiger partial charge is 0.323 e. The van der Waals surface area contributed by atoms with Crippen LogP contribution in [0.15, 0.2) is 17.1 Å². The first kappa shape index (κ1) is 6.81. The summed E-state index contributed by atoms with van der Waals surface area (Å²) in [6.07, 6.45) is 3.61. The zero-order valence-corrected chi connectivity index (χ0v) is 7.09. The Labute approximate surface area is 63.0 Å². The standard InChI is InChI=1S/C6H9BrN2/c1-5(2)9-4-8-3-6(9)7/h3-5H,1-2H3. The first-order chi connectivity index (χ1) is 4.22. The number of hydrogen-bond donors (Lipinski definition) is 0. The van der Waals surface area contributed by atoms with Gasteiger partial charge in [0.05, 0.1) is 12.5 Å². The van der Waals surface area contributed by atoms with Crippen LogP contribution in [0.2, 0.25) is 0 Å². The summed E-state index contributed by atoms with van der Waals surface area (Å²) < 4.78 is 3.09. The first-order valence-electron chi connectivity index (χ1n) is 2.89. The van der Waals surface area contributed by atoms with Crippen LogP contribution in [-0.2, 0) is 0 Å². The van der Waals surface area contributed by atoms with E-state index in [0.29, 0.717) is 6.04 Å². The van der Waals surface area contributed by atoms with Crippen molar-refractivity contribution in [2.75, 3.05) is 0 Å². The Bertz CT molecular complexity index is 193. The normalized spacial score (nSPS) is 10.7. The van der Waals surface area contributed by atoms with E-state index in [1.54, 1.807) is 6.20 Å². The smallest absolute Gasteiger partial charge is 0.105 e. The number of nitrogens with zero attached hydrogens (tertiary/aromatic N) is 2. The van der Waals surface area contributed by atoms with E-state index < -0.39 is 0 Å². The Morgan fingerprint density at radius 3 is 2.56 bits per heavy atom. The molecule has 0 aliphatic rings. The number of aromatic nitrogens is 2. The van der Waals surface area contributed by atoms with E-state index in [-0.39, 0.29) is 0 Å². The molecule has 50 valence electrons. The van der Waals surface area contributed by atoms with Crippen LogP contribution in [0.3, 0.4) is 0 Å². The minimum atomic E-state index is 0.488. The molecule has 0 aliphatic carbocycles. The van der Waals surface area contributed by atoms with Crippen molar-refractivity contribution in [2.24, 2.45) is 0 Å². The zero-order valence-electron chi connectivity index (χ0n) is 5.50. The fourth-order valence-electron chi connectivity index (χ4n) is 0.668. The molecule has 0 N–H and O–H groups in total. The molecule has 0 aromatic carbocycles. The predicted molar refractivity (Wildman–Crippen MR) is 40.3 cm³/mol. The maximum atomic E-state index is 3.96. The lowest BCUT2D eigenvalue weighted by Gasteiger charge is -2.05. The van der Waals surface area contributed by atoms with Gasteiger partial charge in [0.15, 0.2) is 0 Å². The van der Waals surface area contributed by atoms with E-state index in [9.17, 15) is 0 Å². The second-order valence-corrected chi connectivity index (χ2v) is 3.03. The van der Waals surface area contributed by atoms with Crippen molar-refractivity contribution in [3.05, 3.63) is 17.1 Å². The van der Waals surface area contributed by atoms with Crippen LogP contribution in [0.4, 0.5) is 0 Å². The third-order valence-corrected chi connectivity index (χ3v) is 1.79. The van der Waals surface area contributed by atoms with Crippen LogP contribution in [0.5, 0.6) is 0 Å². The fraction of sp³-hybridized carbons (Fsp3) is 0.500. The number of hydrogen-bond acceptors (Lipinski definition) is 1. The van der Waals surface area contributed by atoms with Gasteiger partial charge in [0.25, 0.3) is 0 Å². The quantitative estimate of drug-likeness (QED) is 0.662. The summed E-state index contributed by atoms with van der Waals surface area (Å²) in [4.78, 5) is 3.96. The highest BCUT2D eigenvalue weighted by Gasteiger charge is 1.99. The van der Waals surface area contributed by atoms with Crippen LogP contribution < -0.4 is 0 Å². The average molecular weight is 189 g/mol. The van der Waals surface area contributed by atoms with Gasteiger partial charge in [0, 0.05) is 6.04 Å². The van der Waals surface area contributed by atoms with Gasteiger partial charge in [-0.2, -0.15) is 0 Å². The second kappa shape index (κ2) is 2.52. The molecule has 1 heterocycles. The Balaban J connectivity index is 2.94. The van der Waals surface area contributed by atoms with E-state index in [1.807, 2.05) is 6.33 Å². The summed E-state index contributed by atoms with van der Waals surface area (Å²) >= 11 is 3.37. The van der Waals surface area contributed by atoms with Crippen molar-refractivity contribution in [3.63, 3.8) is 0 Å². The molecular formula is C6H9BrN2. The molecule has 0 bridgehead atoms. The summed E-state index contributed by atoms with van der Waals surface area (Å²) in [6.45, 7) is 4.24. The van der Waals surface area contributed by atoms with Gasteiger partial charge in [-0.1, -0.05) is 0 Å². The Morgan fingerprint density at radius 2 is 2.33 bits per heavy atom. The predicted octanol–water partition coefficient (Wildman–Crippen LogP) is 2.23. The summed E-state index contributed by atoms with van der Waals surface area (Å²) in [5, 5.41) is 0. The molecule has 9 heavy (non-hydrogen) atoms. The molecule has 0 saturated carbocycles. The van der Waals surface area contributed by atoms with Gasteiger partial charge in [0.2, 0.25) is 0 Å². The van der Waals surface area contributed by atoms with Gasteiger partial charge in [-0.15, -0.1) is 0 Å². The van der Waals surface area contributed by atoms with Gasteiger partial charge in [-0.3, -0.25) is 0 Å². The molecule has 1 rings (SSSR count). The molecule has 0 atom stereocenters. The first-order valence-corrected chi connectivity index (χ1v) is 3.68. The van der Waals surface area contributed by atoms with Gasteiger partial charge < -0.3 is 4.57 Å². The lowest BCUT2D eigenvalue weighted by atomic mass is 10.4. The average Bonchev–Trinajstić information content (AvgIpc) is 2.13. The highest BCUT2D eigenvalue weighted by atomic mass is 79.9. The number of imidazole rings is 1. The van der Waals surface area contributed by atoms with Crippen molar-refractivity contribution < 1.29 is 0 Å². The maximum Gasteiger partial charge on any atom is 0.105 e. The highest BCUT2D eigenvalue weighted by molar-refractivity contribution is 9.10. The molecule has 1 aromatic heterocycles. The van der Waals surface area contributed by atoms with Crippen LogP contribution in [0.25, 0.3) is 0 Å². The molecule has 3 heteroatoms. The van der Waals surface area contributed by atoms with E-state index >= 15 is 0 Å². The molecule has 0 spiro atoms.